The van der Waals surface area contributed by atoms with E-state index in [1.54, 1.807) is 29.3 Å². The van der Waals surface area contributed by atoms with E-state index in [0.29, 0.717) is 31.1 Å². The number of hydrogen-bond donors (Lipinski definition) is 1. The van der Waals surface area contributed by atoms with Gasteiger partial charge in [-0.1, -0.05) is 31.2 Å². The number of rotatable bonds is 7. The fourth-order valence-electron chi connectivity index (χ4n) is 3.89. The molecule has 0 saturated carbocycles. The summed E-state index contributed by atoms with van der Waals surface area (Å²) in [4.78, 5) is 21.6. The van der Waals surface area contributed by atoms with E-state index in [2.05, 4.69) is 9.88 Å². The minimum absolute atomic E-state index is 0.00813. The Balaban J connectivity index is 1.88. The van der Waals surface area contributed by atoms with Gasteiger partial charge >= 0.3 is 0 Å². The Bertz CT molecular complexity index is 948. The molecule has 0 aliphatic carbocycles. The van der Waals surface area contributed by atoms with E-state index in [4.69, 9.17) is 4.74 Å². The third-order valence-electron chi connectivity index (χ3n) is 5.76. The number of benzene rings is 1. The first-order valence-corrected chi connectivity index (χ1v) is 11.0. The van der Waals surface area contributed by atoms with Crippen LogP contribution in [0, 0.1) is 11.7 Å². The van der Waals surface area contributed by atoms with Crippen LogP contribution in [-0.4, -0.2) is 64.7 Å². The van der Waals surface area contributed by atoms with Crippen molar-refractivity contribution in [3.8, 4) is 5.88 Å². The molecule has 3 rings (SSSR count). The van der Waals surface area contributed by atoms with Crippen molar-refractivity contribution in [3.63, 3.8) is 0 Å². The summed E-state index contributed by atoms with van der Waals surface area (Å²) in [7, 11) is 1.99. The van der Waals surface area contributed by atoms with E-state index < -0.39 is 0 Å². The first-order chi connectivity index (χ1) is 15.3. The van der Waals surface area contributed by atoms with Crippen LogP contribution in [0.2, 0.25) is 0 Å². The number of likely N-dealkylation sites (N-methyl/N-ethyl adjacent to an activating group) is 1. The van der Waals surface area contributed by atoms with E-state index in [9.17, 15) is 14.3 Å². The average molecular weight is 442 g/mol. The van der Waals surface area contributed by atoms with Crippen LogP contribution in [-0.2, 0) is 6.54 Å². The van der Waals surface area contributed by atoms with Gasteiger partial charge in [0, 0.05) is 31.7 Å². The van der Waals surface area contributed by atoms with Gasteiger partial charge in [-0.2, -0.15) is 0 Å². The largest absolute Gasteiger partial charge is 0.472 e. The molecule has 2 aromatic rings. The van der Waals surface area contributed by atoms with Gasteiger partial charge in [0.2, 0.25) is 5.88 Å². The van der Waals surface area contributed by atoms with Gasteiger partial charge < -0.3 is 14.7 Å². The molecule has 0 spiro atoms. The topological polar surface area (TPSA) is 65.9 Å². The Labute approximate surface area is 189 Å². The van der Waals surface area contributed by atoms with Gasteiger partial charge in [-0.25, -0.2) is 9.37 Å². The molecule has 3 atom stereocenters. The Morgan fingerprint density at radius 3 is 2.75 bits per heavy atom. The number of aliphatic hydroxyl groups excluding tert-OH is 1. The maximum absolute atomic E-state index is 13.3. The van der Waals surface area contributed by atoms with Crippen molar-refractivity contribution in [3.05, 3.63) is 65.1 Å². The van der Waals surface area contributed by atoms with Crippen molar-refractivity contribution in [1.29, 1.82) is 0 Å². The first kappa shape index (κ1) is 23.9. The molecule has 6 nitrogen and oxygen atoms in total. The van der Waals surface area contributed by atoms with Crippen molar-refractivity contribution >= 4 is 12.0 Å². The monoisotopic (exact) mass is 441 g/mol. The molecule has 1 aromatic heterocycles. The van der Waals surface area contributed by atoms with Crippen LogP contribution in [0.25, 0.3) is 6.08 Å². The van der Waals surface area contributed by atoms with Crippen molar-refractivity contribution < 1.29 is 19.0 Å². The lowest BCUT2D eigenvalue weighted by Crippen LogP contribution is -2.49. The minimum atomic E-state index is -0.320. The van der Waals surface area contributed by atoms with Gasteiger partial charge in [0.25, 0.3) is 5.91 Å². The van der Waals surface area contributed by atoms with Crippen LogP contribution in [0.1, 0.15) is 42.3 Å². The van der Waals surface area contributed by atoms with E-state index >= 15 is 0 Å². The number of fused-ring (bicyclic) bond motifs is 1. The molecule has 2 heterocycles. The molecule has 1 N–H and O–H groups in total. The summed E-state index contributed by atoms with van der Waals surface area (Å²) in [5, 5.41) is 9.75. The number of carbonyl (C=O) groups excluding carboxylic acids is 1. The van der Waals surface area contributed by atoms with E-state index in [-0.39, 0.29) is 36.4 Å². The molecular weight excluding hydrogens is 409 g/mol. The number of amides is 1. The van der Waals surface area contributed by atoms with Crippen molar-refractivity contribution in [1.82, 2.24) is 14.8 Å². The molecule has 0 bridgehead atoms. The number of allylic oxidation sites excluding steroid dienone is 1. The lowest BCUT2D eigenvalue weighted by atomic mass is 9.99. The molecular formula is C25H32FN3O3. The highest BCUT2D eigenvalue weighted by atomic mass is 19.1. The number of hydrogen-bond acceptors (Lipinski definition) is 5. The van der Waals surface area contributed by atoms with Gasteiger partial charge in [0.05, 0.1) is 12.6 Å². The lowest BCUT2D eigenvalue weighted by Gasteiger charge is -2.37. The number of aliphatic hydroxyl groups is 1. The highest BCUT2D eigenvalue weighted by molar-refractivity contribution is 5.97. The van der Waals surface area contributed by atoms with Gasteiger partial charge in [0.1, 0.15) is 17.5 Å². The van der Waals surface area contributed by atoms with Gasteiger partial charge in [0.15, 0.2) is 0 Å². The number of aromatic nitrogens is 1. The molecule has 1 amide bonds. The smallest absolute Gasteiger partial charge is 0.259 e. The van der Waals surface area contributed by atoms with Crippen LogP contribution in [0.5, 0.6) is 5.88 Å². The molecule has 1 aliphatic rings. The quantitative estimate of drug-likeness (QED) is 0.711. The Morgan fingerprint density at radius 1 is 1.38 bits per heavy atom. The van der Waals surface area contributed by atoms with Crippen molar-refractivity contribution in [2.45, 2.75) is 39.5 Å². The second-order valence-corrected chi connectivity index (χ2v) is 8.57. The summed E-state index contributed by atoms with van der Waals surface area (Å²) in [5.41, 5.74) is 2.23. The summed E-state index contributed by atoms with van der Waals surface area (Å²) in [6.45, 7) is 7.37. The Kier molecular flexibility index (Phi) is 7.99. The van der Waals surface area contributed by atoms with Crippen LogP contribution in [0.4, 0.5) is 4.39 Å². The summed E-state index contributed by atoms with van der Waals surface area (Å²) in [6, 6.07) is 7.94. The first-order valence-electron chi connectivity index (χ1n) is 11.0. The molecule has 0 unspecified atom stereocenters. The highest BCUT2D eigenvalue weighted by Gasteiger charge is 2.34. The Morgan fingerprint density at radius 2 is 2.09 bits per heavy atom. The summed E-state index contributed by atoms with van der Waals surface area (Å²) >= 11 is 0. The van der Waals surface area contributed by atoms with Gasteiger partial charge in [-0.3, -0.25) is 9.69 Å². The van der Waals surface area contributed by atoms with Crippen LogP contribution >= 0.6 is 0 Å². The zero-order chi connectivity index (χ0) is 23.3. The number of nitrogens with zero attached hydrogens (tertiary/aromatic N) is 3. The summed E-state index contributed by atoms with van der Waals surface area (Å²) < 4.78 is 19.5. The second kappa shape index (κ2) is 10.7. The van der Waals surface area contributed by atoms with Crippen LogP contribution < -0.4 is 4.74 Å². The normalized spacial score (nSPS) is 20.1. The lowest BCUT2D eigenvalue weighted by molar-refractivity contribution is 0.0325. The van der Waals surface area contributed by atoms with Crippen molar-refractivity contribution in [2.75, 3.05) is 26.7 Å². The van der Waals surface area contributed by atoms with Gasteiger partial charge in [-0.05, 0) is 50.2 Å². The zero-order valence-corrected chi connectivity index (χ0v) is 19.2. The predicted molar refractivity (Wildman–Crippen MR) is 123 cm³/mol. The fourth-order valence-corrected chi connectivity index (χ4v) is 3.89. The number of halogens is 1. The fraction of sp³-hybridized carbons (Fsp3) is 0.440. The third-order valence-corrected chi connectivity index (χ3v) is 5.76. The van der Waals surface area contributed by atoms with E-state index in [0.717, 1.165) is 11.1 Å². The molecule has 32 heavy (non-hydrogen) atoms. The standard InChI is InChI=1S/C25H32FN3O3/c1-5-6-20-11-22-24(27-12-20)32-23(17(2)13-29(25(22)31)18(3)16-30)15-28(4)14-19-7-9-21(26)10-8-19/h5-12,17-18,23,30H,13-16H2,1-4H3/b6-5+/t17-,18-,23-/m1/s1. The highest BCUT2D eigenvalue weighted by Crippen LogP contribution is 2.28. The Hall–Kier alpha value is -2.77. The molecule has 172 valence electrons. The van der Waals surface area contributed by atoms with E-state index in [1.807, 2.05) is 40.0 Å². The van der Waals surface area contributed by atoms with E-state index in [1.165, 1.54) is 12.1 Å². The zero-order valence-electron chi connectivity index (χ0n) is 19.2. The number of pyridine rings is 1. The molecule has 1 aliphatic heterocycles. The summed E-state index contributed by atoms with van der Waals surface area (Å²) in [6.07, 6.45) is 5.25. The number of ether oxygens (including phenoxy) is 1. The molecule has 0 radical (unpaired) electrons. The average Bonchev–Trinajstić information content (AvgIpc) is 2.77. The number of carbonyl (C=O) groups is 1. The minimum Gasteiger partial charge on any atom is -0.472 e. The van der Waals surface area contributed by atoms with Crippen LogP contribution in [0.3, 0.4) is 0 Å². The molecule has 7 heteroatoms. The predicted octanol–water partition coefficient (Wildman–Crippen LogP) is 3.61. The molecule has 1 aromatic carbocycles. The molecule has 0 saturated heterocycles. The van der Waals surface area contributed by atoms with Crippen molar-refractivity contribution in [2.24, 2.45) is 5.92 Å². The van der Waals surface area contributed by atoms with Gasteiger partial charge in [-0.15, -0.1) is 0 Å². The summed E-state index contributed by atoms with van der Waals surface area (Å²) in [5.74, 6) is -0.125. The SMILES string of the molecule is C/C=C/c1cnc2c(c1)C(=O)N([C@H](C)CO)C[C@@H](C)[C@@H](CN(C)Cc1ccc(F)cc1)O2. The van der Waals surface area contributed by atoms with Crippen LogP contribution in [0.15, 0.2) is 42.6 Å². The molecule has 0 fully saturated rings. The second-order valence-electron chi connectivity index (χ2n) is 8.57. The maximum Gasteiger partial charge on any atom is 0.259 e. The maximum atomic E-state index is 13.3. The third kappa shape index (κ3) is 5.72.